The fourth-order valence-electron chi connectivity index (χ4n) is 3.87. The molecular formula is C24H18N2O5. The molecule has 2 aromatic carbocycles. The Morgan fingerprint density at radius 3 is 2.77 bits per heavy atom. The zero-order chi connectivity index (χ0) is 21.5. The van der Waals surface area contributed by atoms with E-state index in [1.165, 1.54) is 4.90 Å². The molecule has 1 atom stereocenters. The van der Waals surface area contributed by atoms with E-state index in [0.29, 0.717) is 40.5 Å². The van der Waals surface area contributed by atoms with Crippen molar-refractivity contribution in [3.8, 4) is 5.75 Å². The molecule has 154 valence electrons. The first-order valence-corrected chi connectivity index (χ1v) is 9.74. The fourth-order valence-corrected chi connectivity index (χ4v) is 3.87. The average Bonchev–Trinajstić information content (AvgIpc) is 3.33. The molecule has 7 heteroatoms. The normalized spacial score (nSPS) is 15.3. The number of anilines is 1. The van der Waals surface area contributed by atoms with Crippen molar-refractivity contribution in [1.29, 1.82) is 0 Å². The van der Waals surface area contributed by atoms with E-state index in [4.69, 9.17) is 13.7 Å². The fraction of sp³-hybridized carbons (Fsp3) is 0.125. The molecule has 7 nitrogen and oxygen atoms in total. The number of carbonyl (C=O) groups excluding carboxylic acids is 1. The summed E-state index contributed by atoms with van der Waals surface area (Å²) in [5.41, 5.74) is 1.07. The third-order valence-electron chi connectivity index (χ3n) is 5.18. The lowest BCUT2D eigenvalue weighted by Gasteiger charge is -2.22. The molecule has 2 aromatic heterocycles. The van der Waals surface area contributed by atoms with E-state index in [1.807, 2.05) is 12.1 Å². The van der Waals surface area contributed by atoms with Gasteiger partial charge in [0.05, 0.1) is 17.0 Å². The number of aryl methyl sites for hydroxylation is 1. The Balaban J connectivity index is 1.76. The summed E-state index contributed by atoms with van der Waals surface area (Å²) in [6.45, 7) is 5.73. The Morgan fingerprint density at radius 1 is 1.16 bits per heavy atom. The van der Waals surface area contributed by atoms with Gasteiger partial charge in [0.15, 0.2) is 11.2 Å². The Labute approximate surface area is 177 Å². The van der Waals surface area contributed by atoms with Gasteiger partial charge in [-0.1, -0.05) is 42.1 Å². The zero-order valence-corrected chi connectivity index (χ0v) is 16.7. The minimum absolute atomic E-state index is 0.00626. The molecule has 1 aliphatic rings. The van der Waals surface area contributed by atoms with Crippen molar-refractivity contribution >= 4 is 22.7 Å². The van der Waals surface area contributed by atoms with Crippen LogP contribution in [0.1, 0.15) is 33.5 Å². The molecule has 0 aliphatic carbocycles. The SMILES string of the molecule is C=CCOc1cccc([C@H]2c3c(oc4ccccc4c3=O)C(=O)N2c2cc(C)on2)c1. The zero-order valence-electron chi connectivity index (χ0n) is 16.7. The summed E-state index contributed by atoms with van der Waals surface area (Å²) in [6, 6.07) is 15.0. The molecule has 5 rings (SSSR count). The monoisotopic (exact) mass is 414 g/mol. The predicted octanol–water partition coefficient (Wildman–Crippen LogP) is 4.40. The second kappa shape index (κ2) is 7.28. The van der Waals surface area contributed by atoms with Gasteiger partial charge < -0.3 is 13.7 Å². The Hall–Kier alpha value is -4.13. The highest BCUT2D eigenvalue weighted by Gasteiger charge is 2.45. The molecule has 0 unspecified atom stereocenters. The summed E-state index contributed by atoms with van der Waals surface area (Å²) in [6.07, 6.45) is 1.65. The number of nitrogens with zero attached hydrogens (tertiary/aromatic N) is 2. The molecule has 0 bridgehead atoms. The largest absolute Gasteiger partial charge is 0.490 e. The minimum atomic E-state index is -0.736. The number of hydrogen-bond donors (Lipinski definition) is 0. The highest BCUT2D eigenvalue weighted by molar-refractivity contribution is 6.10. The van der Waals surface area contributed by atoms with Crippen LogP contribution in [0.25, 0.3) is 11.0 Å². The van der Waals surface area contributed by atoms with Gasteiger partial charge in [0.2, 0.25) is 5.76 Å². The second-order valence-corrected chi connectivity index (χ2v) is 7.22. The first kappa shape index (κ1) is 18.9. The van der Waals surface area contributed by atoms with Crippen LogP contribution in [-0.2, 0) is 0 Å². The first-order valence-electron chi connectivity index (χ1n) is 9.74. The van der Waals surface area contributed by atoms with Crippen molar-refractivity contribution < 1.29 is 18.5 Å². The van der Waals surface area contributed by atoms with Crippen LogP contribution in [0.5, 0.6) is 5.75 Å². The molecule has 1 aliphatic heterocycles. The number of para-hydroxylation sites is 1. The first-order chi connectivity index (χ1) is 15.1. The second-order valence-electron chi connectivity index (χ2n) is 7.22. The van der Waals surface area contributed by atoms with E-state index in [2.05, 4.69) is 11.7 Å². The summed E-state index contributed by atoms with van der Waals surface area (Å²) < 4.78 is 16.8. The van der Waals surface area contributed by atoms with Crippen LogP contribution in [0.15, 0.2) is 81.0 Å². The van der Waals surface area contributed by atoms with E-state index in [0.717, 1.165) is 0 Å². The maximum atomic E-state index is 13.5. The molecule has 0 radical (unpaired) electrons. The number of aromatic nitrogens is 1. The van der Waals surface area contributed by atoms with Crippen molar-refractivity contribution in [1.82, 2.24) is 5.16 Å². The van der Waals surface area contributed by atoms with E-state index in [9.17, 15) is 9.59 Å². The molecule has 0 spiro atoms. The third-order valence-corrected chi connectivity index (χ3v) is 5.18. The molecule has 0 N–H and O–H groups in total. The molecule has 4 aromatic rings. The van der Waals surface area contributed by atoms with Gasteiger partial charge in [-0.25, -0.2) is 0 Å². The van der Waals surface area contributed by atoms with Gasteiger partial charge in [-0.15, -0.1) is 0 Å². The predicted molar refractivity (Wildman–Crippen MR) is 115 cm³/mol. The van der Waals surface area contributed by atoms with Crippen LogP contribution in [-0.4, -0.2) is 17.7 Å². The maximum Gasteiger partial charge on any atom is 0.296 e. The summed E-state index contributed by atoms with van der Waals surface area (Å²) in [4.78, 5) is 28.3. The number of fused-ring (bicyclic) bond motifs is 2. The standard InChI is InChI=1S/C24H18N2O5/c1-3-11-29-16-8-6-7-15(13-16)21-20-22(27)17-9-4-5-10-18(17)30-23(20)24(28)26(21)19-12-14(2)31-25-19/h3-10,12-13,21H,1,11H2,2H3/t21-/m0/s1. The molecule has 0 saturated heterocycles. The van der Waals surface area contributed by atoms with Crippen molar-refractivity contribution in [3.63, 3.8) is 0 Å². The van der Waals surface area contributed by atoms with Crippen molar-refractivity contribution in [2.24, 2.45) is 0 Å². The molecule has 1 amide bonds. The van der Waals surface area contributed by atoms with Crippen LogP contribution in [0.3, 0.4) is 0 Å². The van der Waals surface area contributed by atoms with Gasteiger partial charge in [-0.3, -0.25) is 14.5 Å². The van der Waals surface area contributed by atoms with Crippen LogP contribution in [0.4, 0.5) is 5.82 Å². The molecule has 0 fully saturated rings. The number of ether oxygens (including phenoxy) is 1. The topological polar surface area (TPSA) is 85.8 Å². The summed E-state index contributed by atoms with van der Waals surface area (Å²) in [7, 11) is 0. The number of benzene rings is 2. The quantitative estimate of drug-likeness (QED) is 0.450. The van der Waals surface area contributed by atoms with E-state index in [-0.39, 0.29) is 16.8 Å². The molecular weight excluding hydrogens is 396 g/mol. The lowest BCUT2D eigenvalue weighted by Crippen LogP contribution is -2.29. The van der Waals surface area contributed by atoms with Crippen LogP contribution in [0, 0.1) is 6.92 Å². The Kier molecular flexibility index (Phi) is 4.43. The lowest BCUT2D eigenvalue weighted by molar-refractivity contribution is 0.0969. The highest BCUT2D eigenvalue weighted by atomic mass is 16.5. The van der Waals surface area contributed by atoms with Gasteiger partial charge in [0, 0.05) is 6.07 Å². The molecule has 31 heavy (non-hydrogen) atoms. The smallest absolute Gasteiger partial charge is 0.296 e. The van der Waals surface area contributed by atoms with E-state index >= 15 is 0 Å². The molecule has 0 saturated carbocycles. The van der Waals surface area contributed by atoms with Gasteiger partial charge in [0.1, 0.15) is 23.7 Å². The van der Waals surface area contributed by atoms with E-state index < -0.39 is 11.9 Å². The Morgan fingerprint density at radius 2 is 2.00 bits per heavy atom. The van der Waals surface area contributed by atoms with Crippen LogP contribution in [0.2, 0.25) is 0 Å². The van der Waals surface area contributed by atoms with Gasteiger partial charge >= 0.3 is 0 Å². The van der Waals surface area contributed by atoms with Crippen LogP contribution < -0.4 is 15.1 Å². The summed E-state index contributed by atoms with van der Waals surface area (Å²) in [5.74, 6) is 1.00. The van der Waals surface area contributed by atoms with Crippen LogP contribution >= 0.6 is 0 Å². The number of amides is 1. The van der Waals surface area contributed by atoms with Gasteiger partial charge in [0.25, 0.3) is 5.91 Å². The summed E-state index contributed by atoms with van der Waals surface area (Å²) in [5, 5.41) is 4.43. The van der Waals surface area contributed by atoms with Gasteiger partial charge in [-0.2, -0.15) is 0 Å². The molecule has 3 heterocycles. The Bertz CT molecular complexity index is 1380. The summed E-state index contributed by atoms with van der Waals surface area (Å²) >= 11 is 0. The average molecular weight is 414 g/mol. The third kappa shape index (κ3) is 3.02. The highest BCUT2D eigenvalue weighted by Crippen LogP contribution is 2.41. The number of rotatable bonds is 5. The maximum absolute atomic E-state index is 13.5. The van der Waals surface area contributed by atoms with Gasteiger partial charge in [-0.05, 0) is 36.8 Å². The lowest BCUT2D eigenvalue weighted by atomic mass is 9.98. The van der Waals surface area contributed by atoms with E-state index in [1.54, 1.807) is 55.5 Å². The van der Waals surface area contributed by atoms with Crippen molar-refractivity contribution in [2.75, 3.05) is 11.5 Å². The van der Waals surface area contributed by atoms with Crippen molar-refractivity contribution in [3.05, 3.63) is 100 Å². The van der Waals surface area contributed by atoms with Crippen molar-refractivity contribution in [2.45, 2.75) is 13.0 Å². The number of hydrogen-bond acceptors (Lipinski definition) is 6. The minimum Gasteiger partial charge on any atom is -0.490 e. The number of carbonyl (C=O) groups is 1.